The molecule has 0 saturated heterocycles. The number of nitrogens with one attached hydrogen (secondary N) is 2. The Morgan fingerprint density at radius 2 is 1.81 bits per heavy atom. The number of hydrogen-bond acceptors (Lipinski definition) is 3. The largest absolute Gasteiger partial charge is 0.357 e. The van der Waals surface area contributed by atoms with E-state index in [4.69, 9.17) is 5.14 Å². The number of guanidine groups is 1. The van der Waals surface area contributed by atoms with Crippen LogP contribution in [0.4, 0.5) is 0 Å². The summed E-state index contributed by atoms with van der Waals surface area (Å²) in [4.78, 5) is 4.42. The van der Waals surface area contributed by atoms with Gasteiger partial charge >= 0.3 is 0 Å². The van der Waals surface area contributed by atoms with Gasteiger partial charge in [-0.3, -0.25) is 4.99 Å². The van der Waals surface area contributed by atoms with Gasteiger partial charge in [0.15, 0.2) is 5.96 Å². The normalized spacial score (nSPS) is 12.7. The molecule has 0 amide bonds. The highest BCUT2D eigenvalue weighted by molar-refractivity contribution is 7.89. The standard InChI is InChI=1S/C14H32N4O2S/c1-4-16-14(18-11-12-21(15,19)20)17-10-8-6-5-7-9-13(2)3/h13H,4-12H2,1-3H3,(H2,15,19,20)(H2,16,17,18). The van der Waals surface area contributed by atoms with E-state index < -0.39 is 10.0 Å². The Balaban J connectivity index is 3.83. The lowest BCUT2D eigenvalue weighted by atomic mass is 10.0. The second-order valence-corrected chi connectivity index (χ2v) is 7.39. The van der Waals surface area contributed by atoms with Crippen molar-refractivity contribution in [3.8, 4) is 0 Å². The molecule has 0 heterocycles. The number of aliphatic imine (C=N–C) groups is 1. The Morgan fingerprint density at radius 3 is 2.38 bits per heavy atom. The lowest BCUT2D eigenvalue weighted by Gasteiger charge is -2.10. The van der Waals surface area contributed by atoms with Crippen molar-refractivity contribution in [1.29, 1.82) is 0 Å². The summed E-state index contributed by atoms with van der Waals surface area (Å²) >= 11 is 0. The van der Waals surface area contributed by atoms with E-state index in [1.54, 1.807) is 0 Å². The molecule has 6 nitrogen and oxygen atoms in total. The van der Waals surface area contributed by atoms with Crippen LogP contribution in [0.2, 0.25) is 0 Å². The molecule has 0 aromatic carbocycles. The van der Waals surface area contributed by atoms with Crippen molar-refractivity contribution in [2.24, 2.45) is 16.0 Å². The van der Waals surface area contributed by atoms with Gasteiger partial charge in [-0.2, -0.15) is 0 Å². The van der Waals surface area contributed by atoms with Crippen LogP contribution in [0.15, 0.2) is 4.99 Å². The van der Waals surface area contributed by atoms with Gasteiger partial charge in [-0.1, -0.05) is 39.5 Å². The number of unbranched alkanes of at least 4 members (excludes halogenated alkanes) is 3. The number of nitrogens with zero attached hydrogens (tertiary/aromatic N) is 1. The summed E-state index contributed by atoms with van der Waals surface area (Å²) in [7, 11) is -3.42. The van der Waals surface area contributed by atoms with Crippen molar-refractivity contribution < 1.29 is 8.42 Å². The van der Waals surface area contributed by atoms with Crippen molar-refractivity contribution in [1.82, 2.24) is 10.6 Å². The smallest absolute Gasteiger partial charge is 0.210 e. The van der Waals surface area contributed by atoms with Gasteiger partial charge in [0.25, 0.3) is 0 Å². The highest BCUT2D eigenvalue weighted by Gasteiger charge is 2.03. The average molecular weight is 321 g/mol. The predicted octanol–water partition coefficient (Wildman–Crippen LogP) is 1.44. The van der Waals surface area contributed by atoms with Gasteiger partial charge in [-0.05, 0) is 19.3 Å². The minimum absolute atomic E-state index is 0.0907. The van der Waals surface area contributed by atoms with Crippen LogP contribution in [0, 0.1) is 5.92 Å². The third kappa shape index (κ3) is 15.4. The molecule has 0 fully saturated rings. The van der Waals surface area contributed by atoms with Gasteiger partial charge in [0.05, 0.1) is 5.75 Å². The maximum Gasteiger partial charge on any atom is 0.210 e. The van der Waals surface area contributed by atoms with Crippen LogP contribution in [-0.2, 0) is 10.0 Å². The van der Waals surface area contributed by atoms with E-state index in [1.165, 1.54) is 25.7 Å². The van der Waals surface area contributed by atoms with E-state index in [2.05, 4.69) is 29.5 Å². The molecular formula is C14H32N4O2S. The van der Waals surface area contributed by atoms with Crippen LogP contribution in [-0.4, -0.2) is 39.8 Å². The first-order chi connectivity index (χ1) is 9.85. The molecule has 0 radical (unpaired) electrons. The van der Waals surface area contributed by atoms with Crippen LogP contribution in [0.1, 0.15) is 52.9 Å². The Labute approximate surface area is 130 Å². The van der Waals surface area contributed by atoms with Crippen molar-refractivity contribution in [2.75, 3.05) is 25.4 Å². The third-order valence-electron chi connectivity index (χ3n) is 2.98. The fourth-order valence-electron chi connectivity index (χ4n) is 1.86. The monoisotopic (exact) mass is 320 g/mol. The molecule has 21 heavy (non-hydrogen) atoms. The first-order valence-electron chi connectivity index (χ1n) is 7.87. The Hall–Kier alpha value is -0.820. The molecule has 126 valence electrons. The Bertz CT molecular complexity index is 380. The van der Waals surface area contributed by atoms with Crippen molar-refractivity contribution >= 4 is 16.0 Å². The van der Waals surface area contributed by atoms with Crippen LogP contribution < -0.4 is 15.8 Å². The zero-order valence-electron chi connectivity index (χ0n) is 13.7. The number of primary sulfonamides is 1. The first kappa shape index (κ1) is 20.2. The third-order valence-corrected chi connectivity index (χ3v) is 3.76. The second kappa shape index (κ2) is 11.8. The van der Waals surface area contributed by atoms with Gasteiger partial charge in [-0.15, -0.1) is 0 Å². The molecule has 0 spiro atoms. The van der Waals surface area contributed by atoms with Crippen LogP contribution in [0.25, 0.3) is 0 Å². The summed E-state index contributed by atoms with van der Waals surface area (Å²) in [6.07, 6.45) is 6.08. The quantitative estimate of drug-likeness (QED) is 0.305. The SMILES string of the molecule is CCNC(=NCCCCCCC(C)C)NCCS(N)(=O)=O. The molecular weight excluding hydrogens is 288 g/mol. The number of rotatable bonds is 11. The van der Waals surface area contributed by atoms with E-state index in [0.717, 1.165) is 25.4 Å². The van der Waals surface area contributed by atoms with E-state index in [1.807, 2.05) is 6.92 Å². The zero-order chi connectivity index (χ0) is 16.1. The lowest BCUT2D eigenvalue weighted by molar-refractivity contribution is 0.521. The predicted molar refractivity (Wildman–Crippen MR) is 89.9 cm³/mol. The minimum atomic E-state index is -3.42. The van der Waals surface area contributed by atoms with Crippen LogP contribution >= 0.6 is 0 Å². The molecule has 0 aliphatic heterocycles. The van der Waals surface area contributed by atoms with Crippen LogP contribution in [0.3, 0.4) is 0 Å². The number of hydrogen-bond donors (Lipinski definition) is 3. The molecule has 4 N–H and O–H groups in total. The fourth-order valence-corrected chi connectivity index (χ4v) is 2.25. The molecule has 0 saturated carbocycles. The molecule has 0 atom stereocenters. The Morgan fingerprint density at radius 1 is 1.14 bits per heavy atom. The molecule has 0 aromatic rings. The number of sulfonamides is 1. The molecule has 0 aliphatic rings. The van der Waals surface area contributed by atoms with Crippen molar-refractivity contribution in [3.63, 3.8) is 0 Å². The maximum absolute atomic E-state index is 10.9. The highest BCUT2D eigenvalue weighted by Crippen LogP contribution is 2.09. The van der Waals surface area contributed by atoms with Gasteiger partial charge in [-0.25, -0.2) is 13.6 Å². The molecule has 0 aromatic heterocycles. The fraction of sp³-hybridized carbons (Fsp3) is 0.929. The molecule has 0 bridgehead atoms. The highest BCUT2D eigenvalue weighted by atomic mass is 32.2. The average Bonchev–Trinajstić information content (AvgIpc) is 2.35. The van der Waals surface area contributed by atoms with E-state index in [0.29, 0.717) is 5.96 Å². The van der Waals surface area contributed by atoms with Gasteiger partial charge in [0.2, 0.25) is 10.0 Å². The zero-order valence-corrected chi connectivity index (χ0v) is 14.5. The van der Waals surface area contributed by atoms with Gasteiger partial charge in [0, 0.05) is 19.6 Å². The van der Waals surface area contributed by atoms with Gasteiger partial charge in [0.1, 0.15) is 0 Å². The van der Waals surface area contributed by atoms with E-state index >= 15 is 0 Å². The van der Waals surface area contributed by atoms with Crippen LogP contribution in [0.5, 0.6) is 0 Å². The summed E-state index contributed by atoms with van der Waals surface area (Å²) in [5, 5.41) is 11.0. The van der Waals surface area contributed by atoms with E-state index in [-0.39, 0.29) is 12.3 Å². The minimum Gasteiger partial charge on any atom is -0.357 e. The summed E-state index contributed by atoms with van der Waals surface area (Å²) in [5.74, 6) is 1.35. The summed E-state index contributed by atoms with van der Waals surface area (Å²) in [6, 6.07) is 0. The summed E-state index contributed by atoms with van der Waals surface area (Å²) in [5.41, 5.74) is 0. The molecule has 0 aliphatic carbocycles. The summed E-state index contributed by atoms with van der Waals surface area (Å²) < 4.78 is 21.7. The maximum atomic E-state index is 10.9. The number of nitrogens with two attached hydrogens (primary N) is 1. The van der Waals surface area contributed by atoms with Crippen molar-refractivity contribution in [2.45, 2.75) is 52.9 Å². The summed E-state index contributed by atoms with van der Waals surface area (Å²) in [6.45, 7) is 8.25. The topological polar surface area (TPSA) is 96.6 Å². The lowest BCUT2D eigenvalue weighted by Crippen LogP contribution is -2.40. The van der Waals surface area contributed by atoms with Crippen molar-refractivity contribution in [3.05, 3.63) is 0 Å². The molecule has 0 unspecified atom stereocenters. The van der Waals surface area contributed by atoms with Gasteiger partial charge < -0.3 is 10.6 Å². The van der Waals surface area contributed by atoms with E-state index in [9.17, 15) is 8.42 Å². The molecule has 7 heteroatoms. The Kier molecular flexibility index (Phi) is 11.3. The first-order valence-corrected chi connectivity index (χ1v) is 9.59. The second-order valence-electron chi connectivity index (χ2n) is 5.65. The molecule has 0 rings (SSSR count).